The van der Waals surface area contributed by atoms with Crippen molar-refractivity contribution in [2.45, 2.75) is 38.0 Å². The van der Waals surface area contributed by atoms with Crippen LogP contribution >= 0.6 is 12.6 Å². The van der Waals surface area contributed by atoms with Gasteiger partial charge in [-0.25, -0.2) is 0 Å². The standard InChI is InChI=1S/C19H23NS/c1-11(12(2)21)18-10-15(3-4-20-18)19-16-6-13-5-14(8-16)9-17(19)7-13/h3-4,10,13-14,16-17,19,21H,1-2,5-9H2. The van der Waals surface area contributed by atoms with Gasteiger partial charge in [-0.1, -0.05) is 13.2 Å². The molecule has 1 nitrogen and oxygen atoms in total. The first-order valence-electron chi connectivity index (χ1n) is 8.15. The van der Waals surface area contributed by atoms with Gasteiger partial charge in [0.25, 0.3) is 0 Å². The molecule has 4 aliphatic rings. The summed E-state index contributed by atoms with van der Waals surface area (Å²) >= 11 is 4.31. The smallest absolute Gasteiger partial charge is 0.0709 e. The third-order valence-electron chi connectivity index (χ3n) is 6.05. The molecule has 4 saturated carbocycles. The Bertz CT molecular complexity index is 575. The number of thiol groups is 1. The van der Waals surface area contributed by atoms with Crippen LogP contribution in [0.1, 0.15) is 49.3 Å². The van der Waals surface area contributed by atoms with E-state index < -0.39 is 0 Å². The van der Waals surface area contributed by atoms with Crippen LogP contribution in [0.25, 0.3) is 5.57 Å². The molecule has 1 aromatic heterocycles. The molecule has 21 heavy (non-hydrogen) atoms. The number of pyridine rings is 1. The second-order valence-electron chi connectivity index (χ2n) is 7.36. The molecule has 0 amide bonds. The monoisotopic (exact) mass is 297 g/mol. The lowest BCUT2D eigenvalue weighted by molar-refractivity contribution is -0.00280. The Hall–Kier alpha value is -1.02. The predicted molar refractivity (Wildman–Crippen MR) is 91.2 cm³/mol. The normalized spacial score (nSPS) is 36.7. The van der Waals surface area contributed by atoms with Gasteiger partial charge in [-0.05, 0) is 79.4 Å². The van der Waals surface area contributed by atoms with Gasteiger partial charge < -0.3 is 0 Å². The lowest BCUT2D eigenvalue weighted by Crippen LogP contribution is -2.43. The number of allylic oxidation sites excluding steroid dienone is 1. The van der Waals surface area contributed by atoms with Crippen molar-refractivity contribution in [3.63, 3.8) is 0 Å². The van der Waals surface area contributed by atoms with Crippen molar-refractivity contribution in [3.05, 3.63) is 47.6 Å². The number of hydrogen-bond donors (Lipinski definition) is 1. The summed E-state index contributed by atoms with van der Waals surface area (Å²) in [6, 6.07) is 4.47. The highest BCUT2D eigenvalue weighted by molar-refractivity contribution is 7.85. The summed E-state index contributed by atoms with van der Waals surface area (Å²) in [6.07, 6.45) is 9.27. The van der Waals surface area contributed by atoms with Crippen molar-refractivity contribution in [1.29, 1.82) is 0 Å². The molecule has 0 unspecified atom stereocenters. The maximum absolute atomic E-state index is 4.46. The van der Waals surface area contributed by atoms with E-state index in [9.17, 15) is 0 Å². The number of nitrogens with zero attached hydrogens (tertiary/aromatic N) is 1. The minimum atomic E-state index is 0.713. The van der Waals surface area contributed by atoms with Gasteiger partial charge in [0.1, 0.15) is 0 Å². The summed E-state index contributed by atoms with van der Waals surface area (Å²) in [5.41, 5.74) is 3.27. The lowest BCUT2D eigenvalue weighted by Gasteiger charge is -2.54. The van der Waals surface area contributed by atoms with Crippen LogP contribution in [-0.4, -0.2) is 4.98 Å². The van der Waals surface area contributed by atoms with Gasteiger partial charge in [0.2, 0.25) is 0 Å². The molecule has 0 spiro atoms. The fourth-order valence-corrected chi connectivity index (χ4v) is 5.55. The SMILES string of the molecule is C=C(S)C(=C)c1cc(C2C3CC4CC(C3)CC2C4)ccn1. The minimum Gasteiger partial charge on any atom is -0.256 e. The molecule has 110 valence electrons. The molecule has 4 aliphatic carbocycles. The highest BCUT2D eigenvalue weighted by Crippen LogP contribution is 2.59. The van der Waals surface area contributed by atoms with E-state index in [0.29, 0.717) is 4.91 Å². The Morgan fingerprint density at radius 2 is 1.67 bits per heavy atom. The van der Waals surface area contributed by atoms with Crippen LogP contribution in [0.2, 0.25) is 0 Å². The molecule has 0 radical (unpaired) electrons. The predicted octanol–water partition coefficient (Wildman–Crippen LogP) is 5.08. The van der Waals surface area contributed by atoms with E-state index in [1.807, 2.05) is 6.20 Å². The van der Waals surface area contributed by atoms with Crippen molar-refractivity contribution >= 4 is 18.2 Å². The summed E-state index contributed by atoms with van der Waals surface area (Å²) < 4.78 is 0. The largest absolute Gasteiger partial charge is 0.256 e. The van der Waals surface area contributed by atoms with Crippen LogP contribution in [0.5, 0.6) is 0 Å². The Balaban J connectivity index is 1.66. The Morgan fingerprint density at radius 3 is 2.24 bits per heavy atom. The van der Waals surface area contributed by atoms with Crippen molar-refractivity contribution < 1.29 is 0 Å². The van der Waals surface area contributed by atoms with Crippen LogP contribution in [-0.2, 0) is 0 Å². The fraction of sp³-hybridized carbons (Fsp3) is 0.526. The molecule has 2 heteroatoms. The maximum Gasteiger partial charge on any atom is 0.0709 e. The first kappa shape index (κ1) is 13.6. The van der Waals surface area contributed by atoms with Gasteiger partial charge in [-0.2, -0.15) is 0 Å². The Morgan fingerprint density at radius 1 is 1.05 bits per heavy atom. The van der Waals surface area contributed by atoms with Crippen LogP contribution in [0.4, 0.5) is 0 Å². The highest BCUT2D eigenvalue weighted by Gasteiger charge is 2.48. The van der Waals surface area contributed by atoms with Crippen LogP contribution < -0.4 is 0 Å². The van der Waals surface area contributed by atoms with E-state index >= 15 is 0 Å². The molecule has 0 N–H and O–H groups in total. The van der Waals surface area contributed by atoms with Gasteiger partial charge >= 0.3 is 0 Å². The molecule has 0 saturated heterocycles. The second-order valence-corrected chi connectivity index (χ2v) is 7.90. The molecule has 4 bridgehead atoms. The van der Waals surface area contributed by atoms with Gasteiger partial charge in [0.15, 0.2) is 0 Å². The van der Waals surface area contributed by atoms with Gasteiger partial charge in [0.05, 0.1) is 5.69 Å². The van der Waals surface area contributed by atoms with E-state index in [-0.39, 0.29) is 0 Å². The lowest BCUT2D eigenvalue weighted by atomic mass is 9.51. The van der Waals surface area contributed by atoms with E-state index in [4.69, 9.17) is 0 Å². The van der Waals surface area contributed by atoms with Crippen molar-refractivity contribution in [1.82, 2.24) is 4.98 Å². The zero-order valence-electron chi connectivity index (χ0n) is 12.5. The molecule has 1 aromatic rings. The van der Waals surface area contributed by atoms with Crippen molar-refractivity contribution in [3.8, 4) is 0 Å². The van der Waals surface area contributed by atoms with E-state index in [0.717, 1.165) is 40.9 Å². The average Bonchev–Trinajstić information content (AvgIpc) is 2.45. The number of hydrogen-bond acceptors (Lipinski definition) is 2. The van der Waals surface area contributed by atoms with Gasteiger partial charge in [0, 0.05) is 16.7 Å². The molecule has 1 heterocycles. The quantitative estimate of drug-likeness (QED) is 0.606. The molecular formula is C19H23NS. The van der Waals surface area contributed by atoms with E-state index in [1.54, 1.807) is 0 Å². The number of aromatic nitrogens is 1. The third kappa shape index (κ3) is 2.28. The average molecular weight is 297 g/mol. The van der Waals surface area contributed by atoms with Gasteiger partial charge in [-0.3, -0.25) is 4.98 Å². The maximum atomic E-state index is 4.46. The summed E-state index contributed by atoms with van der Waals surface area (Å²) in [7, 11) is 0. The molecular weight excluding hydrogens is 274 g/mol. The molecule has 4 fully saturated rings. The summed E-state index contributed by atoms with van der Waals surface area (Å²) in [6.45, 7) is 7.93. The van der Waals surface area contributed by atoms with Crippen molar-refractivity contribution in [2.75, 3.05) is 0 Å². The summed E-state index contributed by atoms with van der Waals surface area (Å²) in [5.74, 6) is 4.61. The minimum absolute atomic E-state index is 0.713. The van der Waals surface area contributed by atoms with Crippen LogP contribution in [0, 0.1) is 23.7 Å². The zero-order valence-corrected chi connectivity index (χ0v) is 13.4. The van der Waals surface area contributed by atoms with Crippen LogP contribution in [0.15, 0.2) is 36.4 Å². The first-order valence-corrected chi connectivity index (χ1v) is 8.60. The number of rotatable bonds is 3. The molecule has 0 atom stereocenters. The Labute approximate surface area is 133 Å². The molecule has 0 aromatic carbocycles. The van der Waals surface area contributed by atoms with Crippen molar-refractivity contribution in [2.24, 2.45) is 23.7 Å². The summed E-state index contributed by atoms with van der Waals surface area (Å²) in [5, 5.41) is 0. The first-order chi connectivity index (χ1) is 10.1. The van der Waals surface area contributed by atoms with E-state index in [2.05, 4.69) is 42.9 Å². The zero-order chi connectivity index (χ0) is 14.6. The second kappa shape index (κ2) is 5.01. The highest BCUT2D eigenvalue weighted by atomic mass is 32.1. The fourth-order valence-electron chi connectivity index (χ4n) is 5.44. The Kier molecular flexibility index (Phi) is 3.25. The third-order valence-corrected chi connectivity index (χ3v) is 6.32. The van der Waals surface area contributed by atoms with Crippen LogP contribution in [0.3, 0.4) is 0 Å². The molecule has 5 rings (SSSR count). The summed E-state index contributed by atoms with van der Waals surface area (Å²) in [4.78, 5) is 5.18. The van der Waals surface area contributed by atoms with E-state index in [1.165, 1.54) is 37.7 Å². The topological polar surface area (TPSA) is 12.9 Å². The van der Waals surface area contributed by atoms with Gasteiger partial charge in [-0.15, -0.1) is 12.6 Å². The molecule has 0 aliphatic heterocycles.